The number of β-amino-alcohol motifs (C(OH)–C–C–N with tert-alkyl or cyclic N) is 1. The van der Waals surface area contributed by atoms with Gasteiger partial charge in [0.2, 0.25) is 0 Å². The van der Waals surface area contributed by atoms with Crippen LogP contribution in [0.5, 0.6) is 0 Å². The van der Waals surface area contributed by atoms with Crippen molar-refractivity contribution in [2.45, 2.75) is 32.5 Å². The van der Waals surface area contributed by atoms with Crippen molar-refractivity contribution < 1.29 is 23.1 Å². The smallest absolute Gasteiger partial charge is 0.386 e. The van der Waals surface area contributed by atoms with Gasteiger partial charge in [0.1, 0.15) is 0 Å². The van der Waals surface area contributed by atoms with E-state index in [1.807, 2.05) is 13.8 Å². The Hall–Kier alpha value is -0.780. The average Bonchev–Trinajstić information content (AvgIpc) is 2.01. The van der Waals surface area contributed by atoms with Gasteiger partial charge in [0.05, 0.1) is 18.7 Å². The number of alkyl halides is 3. The van der Waals surface area contributed by atoms with Gasteiger partial charge in [-0.1, -0.05) is 13.8 Å². The number of hydrogen-bond donors (Lipinski definition) is 1. The van der Waals surface area contributed by atoms with Crippen molar-refractivity contribution in [3.05, 3.63) is 0 Å². The van der Waals surface area contributed by atoms with Gasteiger partial charge in [0.25, 0.3) is 0 Å². The second-order valence-corrected chi connectivity index (χ2v) is 3.16. The number of rotatable bonds is 0. The van der Waals surface area contributed by atoms with Crippen LogP contribution in [0.25, 0.3) is 0 Å². The molecule has 6 heteroatoms. The van der Waals surface area contributed by atoms with Crippen molar-refractivity contribution in [3.8, 4) is 0 Å². The number of hydrogen-bond acceptors (Lipinski definition) is 2. The summed E-state index contributed by atoms with van der Waals surface area (Å²) >= 11 is 0. The molecule has 1 aliphatic heterocycles. The number of halogens is 3. The SMILES string of the molecule is CC.CC1(O)CN(C(=O)C(F)(F)F)C1. The molecule has 14 heavy (non-hydrogen) atoms. The van der Waals surface area contributed by atoms with E-state index < -0.39 is 17.7 Å². The number of amides is 1. The van der Waals surface area contributed by atoms with E-state index in [0.717, 1.165) is 0 Å². The van der Waals surface area contributed by atoms with E-state index in [-0.39, 0.29) is 13.1 Å². The first-order chi connectivity index (χ1) is 6.22. The van der Waals surface area contributed by atoms with Gasteiger partial charge in [0.15, 0.2) is 0 Å². The molecule has 0 aromatic rings. The van der Waals surface area contributed by atoms with Crippen LogP contribution in [-0.2, 0) is 4.79 Å². The zero-order chi connectivity index (χ0) is 11.6. The van der Waals surface area contributed by atoms with Crippen LogP contribution in [0.4, 0.5) is 13.2 Å². The monoisotopic (exact) mass is 213 g/mol. The van der Waals surface area contributed by atoms with Crippen molar-refractivity contribution in [1.82, 2.24) is 4.90 Å². The maximum absolute atomic E-state index is 11.7. The summed E-state index contributed by atoms with van der Waals surface area (Å²) in [5.74, 6) is -1.88. The highest BCUT2D eigenvalue weighted by Gasteiger charge is 2.49. The number of carbonyl (C=O) groups is 1. The van der Waals surface area contributed by atoms with Crippen LogP contribution in [0.2, 0.25) is 0 Å². The molecule has 1 aliphatic rings. The second-order valence-electron chi connectivity index (χ2n) is 3.16. The molecule has 1 fully saturated rings. The molecule has 0 aliphatic carbocycles. The highest BCUT2D eigenvalue weighted by atomic mass is 19.4. The molecule has 1 saturated heterocycles. The Balaban J connectivity index is 0.000000791. The largest absolute Gasteiger partial charge is 0.471 e. The molecule has 0 aromatic carbocycles. The predicted molar refractivity (Wildman–Crippen MR) is 44.6 cm³/mol. The number of likely N-dealkylation sites (tertiary alicyclic amines) is 1. The first-order valence-electron chi connectivity index (χ1n) is 4.31. The Morgan fingerprint density at radius 2 is 1.71 bits per heavy atom. The molecule has 1 amide bonds. The first kappa shape index (κ1) is 13.2. The molecule has 1 heterocycles. The first-order valence-corrected chi connectivity index (χ1v) is 4.31. The van der Waals surface area contributed by atoms with Gasteiger partial charge >= 0.3 is 12.1 Å². The van der Waals surface area contributed by atoms with Gasteiger partial charge in [-0.15, -0.1) is 0 Å². The Labute approximate surface area is 80.5 Å². The topological polar surface area (TPSA) is 40.5 Å². The molecular weight excluding hydrogens is 199 g/mol. The number of nitrogens with zero attached hydrogens (tertiary/aromatic N) is 1. The van der Waals surface area contributed by atoms with E-state index in [2.05, 4.69) is 0 Å². The van der Waals surface area contributed by atoms with Gasteiger partial charge in [0, 0.05) is 0 Å². The molecule has 1 rings (SSSR count). The van der Waals surface area contributed by atoms with Crippen LogP contribution in [0.15, 0.2) is 0 Å². The fourth-order valence-electron chi connectivity index (χ4n) is 1.10. The lowest BCUT2D eigenvalue weighted by atomic mass is 9.97. The minimum Gasteiger partial charge on any atom is -0.386 e. The minimum atomic E-state index is -4.82. The van der Waals surface area contributed by atoms with E-state index in [1.54, 1.807) is 0 Å². The summed E-state index contributed by atoms with van der Waals surface area (Å²) < 4.78 is 35.1. The lowest BCUT2D eigenvalue weighted by molar-refractivity contribution is -0.201. The summed E-state index contributed by atoms with van der Waals surface area (Å²) in [5, 5.41) is 9.04. The fraction of sp³-hybridized carbons (Fsp3) is 0.875. The molecule has 0 saturated carbocycles. The summed E-state index contributed by atoms with van der Waals surface area (Å²) in [4.78, 5) is 11.0. The molecule has 0 radical (unpaired) electrons. The van der Waals surface area contributed by atoms with Gasteiger partial charge in [-0.2, -0.15) is 13.2 Å². The highest BCUT2D eigenvalue weighted by molar-refractivity contribution is 5.82. The zero-order valence-electron chi connectivity index (χ0n) is 8.35. The third kappa shape index (κ3) is 3.17. The number of aliphatic hydroxyl groups is 1. The summed E-state index contributed by atoms with van der Waals surface area (Å²) in [6, 6.07) is 0. The molecule has 0 unspecified atom stereocenters. The summed E-state index contributed by atoms with van der Waals surface area (Å²) in [6.07, 6.45) is -4.82. The van der Waals surface area contributed by atoms with Gasteiger partial charge in [-0.25, -0.2) is 0 Å². The number of carbonyl (C=O) groups excluding carboxylic acids is 1. The van der Waals surface area contributed by atoms with Crippen molar-refractivity contribution in [1.29, 1.82) is 0 Å². The lowest BCUT2D eigenvalue weighted by Crippen LogP contribution is -2.64. The quantitative estimate of drug-likeness (QED) is 0.656. The normalized spacial score (nSPS) is 19.2. The highest BCUT2D eigenvalue weighted by Crippen LogP contribution is 2.26. The molecule has 0 atom stereocenters. The van der Waals surface area contributed by atoms with E-state index in [1.165, 1.54) is 6.92 Å². The maximum atomic E-state index is 11.7. The maximum Gasteiger partial charge on any atom is 0.471 e. The fourth-order valence-corrected chi connectivity index (χ4v) is 1.10. The predicted octanol–water partition coefficient (Wildman–Crippen LogP) is 1.17. The van der Waals surface area contributed by atoms with Crippen LogP contribution in [-0.4, -0.2) is 40.8 Å². The molecule has 3 nitrogen and oxygen atoms in total. The lowest BCUT2D eigenvalue weighted by Gasteiger charge is -2.44. The van der Waals surface area contributed by atoms with E-state index in [9.17, 15) is 18.0 Å². The molecule has 0 aromatic heterocycles. The van der Waals surface area contributed by atoms with Crippen LogP contribution in [0, 0.1) is 0 Å². The Bertz CT molecular complexity index is 205. The van der Waals surface area contributed by atoms with Gasteiger partial charge in [-0.05, 0) is 6.92 Å². The summed E-state index contributed by atoms with van der Waals surface area (Å²) in [5.41, 5.74) is -1.15. The average molecular weight is 213 g/mol. The van der Waals surface area contributed by atoms with E-state index >= 15 is 0 Å². The Morgan fingerprint density at radius 1 is 1.36 bits per heavy atom. The zero-order valence-corrected chi connectivity index (χ0v) is 8.35. The van der Waals surface area contributed by atoms with Crippen molar-refractivity contribution in [3.63, 3.8) is 0 Å². The standard InChI is InChI=1S/C6H8F3NO2.C2H6/c1-5(12)2-10(3-5)4(11)6(7,8)9;1-2/h12H,2-3H2,1H3;1-2H3. The second kappa shape index (κ2) is 4.16. The van der Waals surface area contributed by atoms with Gasteiger partial charge in [-0.3, -0.25) is 4.79 Å². The Kier molecular flexibility index (Phi) is 3.93. The molecule has 0 bridgehead atoms. The summed E-state index contributed by atoms with van der Waals surface area (Å²) in [6.45, 7) is 4.89. The van der Waals surface area contributed by atoms with E-state index in [0.29, 0.717) is 4.90 Å². The van der Waals surface area contributed by atoms with Crippen molar-refractivity contribution in [2.24, 2.45) is 0 Å². The van der Waals surface area contributed by atoms with E-state index in [4.69, 9.17) is 5.11 Å². The molecular formula is C8H14F3NO2. The third-order valence-corrected chi connectivity index (χ3v) is 1.59. The van der Waals surface area contributed by atoms with Crippen molar-refractivity contribution in [2.75, 3.05) is 13.1 Å². The van der Waals surface area contributed by atoms with Crippen LogP contribution in [0.3, 0.4) is 0 Å². The van der Waals surface area contributed by atoms with Gasteiger partial charge < -0.3 is 10.0 Å². The Morgan fingerprint density at radius 3 is 1.93 bits per heavy atom. The molecule has 0 spiro atoms. The summed E-state index contributed by atoms with van der Waals surface area (Å²) in [7, 11) is 0. The van der Waals surface area contributed by atoms with Crippen LogP contribution >= 0.6 is 0 Å². The van der Waals surface area contributed by atoms with Crippen molar-refractivity contribution >= 4 is 5.91 Å². The molecule has 1 N–H and O–H groups in total. The molecule has 84 valence electrons. The third-order valence-electron chi connectivity index (χ3n) is 1.59. The van der Waals surface area contributed by atoms with Crippen LogP contribution in [0.1, 0.15) is 20.8 Å². The minimum absolute atomic E-state index is 0.245. The van der Waals surface area contributed by atoms with Crippen LogP contribution < -0.4 is 0 Å².